The van der Waals surface area contributed by atoms with E-state index in [-0.39, 0.29) is 17.8 Å². The standard InChI is InChI=1S/C14H13F3N4O2/c15-14(16,17)11-5-10(8-3-1-2-4-18-6-8)20-12-9(13(22)23)7-19-21(11)12/h1-3,6-7,10-11,20H,4-5H2,(H,22,23). The van der Waals surface area contributed by atoms with Gasteiger partial charge in [-0.05, 0) is 5.57 Å². The van der Waals surface area contributed by atoms with Crippen LogP contribution in [0, 0.1) is 0 Å². The molecule has 9 heteroatoms. The predicted octanol–water partition coefficient (Wildman–Crippen LogP) is 2.44. The maximum atomic E-state index is 13.3. The largest absolute Gasteiger partial charge is 0.477 e. The zero-order chi connectivity index (χ0) is 16.6. The van der Waals surface area contributed by atoms with Gasteiger partial charge in [-0.25, -0.2) is 9.48 Å². The summed E-state index contributed by atoms with van der Waals surface area (Å²) in [6.45, 7) is 0.452. The molecule has 23 heavy (non-hydrogen) atoms. The summed E-state index contributed by atoms with van der Waals surface area (Å²) in [4.78, 5) is 15.3. The summed E-state index contributed by atoms with van der Waals surface area (Å²) >= 11 is 0. The Balaban J connectivity index is 2.04. The second-order valence-electron chi connectivity index (χ2n) is 5.24. The molecule has 2 unspecified atom stereocenters. The molecule has 2 atom stereocenters. The Morgan fingerprint density at radius 3 is 2.91 bits per heavy atom. The highest BCUT2D eigenvalue weighted by atomic mass is 19.4. The van der Waals surface area contributed by atoms with Crippen molar-refractivity contribution in [3.63, 3.8) is 0 Å². The summed E-state index contributed by atoms with van der Waals surface area (Å²) in [5.74, 6) is -1.47. The van der Waals surface area contributed by atoms with Crippen LogP contribution < -0.4 is 5.32 Å². The first-order valence-corrected chi connectivity index (χ1v) is 6.88. The first kappa shape index (κ1) is 15.3. The van der Waals surface area contributed by atoms with Crippen LogP contribution in [0.5, 0.6) is 0 Å². The van der Waals surface area contributed by atoms with E-state index in [1.165, 1.54) is 6.21 Å². The lowest BCUT2D eigenvalue weighted by molar-refractivity contribution is -0.173. The molecule has 1 aromatic rings. The third kappa shape index (κ3) is 2.86. The Kier molecular flexibility index (Phi) is 3.70. The normalized spacial score (nSPS) is 23.7. The smallest absolute Gasteiger partial charge is 0.410 e. The van der Waals surface area contributed by atoms with Crippen molar-refractivity contribution in [1.29, 1.82) is 0 Å². The van der Waals surface area contributed by atoms with Crippen LogP contribution in [-0.2, 0) is 0 Å². The molecule has 2 N–H and O–H groups in total. The number of aromatic nitrogens is 2. The number of allylic oxidation sites excluding steroid dienone is 2. The fraction of sp³-hybridized carbons (Fsp3) is 0.357. The number of halogens is 3. The van der Waals surface area contributed by atoms with Crippen molar-refractivity contribution < 1.29 is 23.1 Å². The molecule has 0 saturated carbocycles. The maximum Gasteiger partial charge on any atom is 0.410 e. The van der Waals surface area contributed by atoms with E-state index >= 15 is 0 Å². The molecule has 0 aromatic carbocycles. The van der Waals surface area contributed by atoms with Gasteiger partial charge in [-0.15, -0.1) is 0 Å². The minimum Gasteiger partial charge on any atom is -0.477 e. The SMILES string of the molecule is O=C(O)c1cnn2c1NC(C1=CC=CCN=C1)CC2C(F)(F)F. The zero-order valence-electron chi connectivity index (χ0n) is 11.8. The van der Waals surface area contributed by atoms with Crippen molar-refractivity contribution >= 4 is 18.0 Å². The van der Waals surface area contributed by atoms with E-state index < -0.39 is 24.2 Å². The second kappa shape index (κ2) is 5.56. The average Bonchev–Trinajstić information content (AvgIpc) is 2.72. The summed E-state index contributed by atoms with van der Waals surface area (Å²) in [6.07, 6.45) is 2.79. The van der Waals surface area contributed by atoms with Gasteiger partial charge in [0, 0.05) is 12.6 Å². The number of rotatable bonds is 2. The topological polar surface area (TPSA) is 79.5 Å². The molecule has 2 aliphatic heterocycles. The fourth-order valence-electron chi connectivity index (χ4n) is 2.65. The van der Waals surface area contributed by atoms with Gasteiger partial charge in [-0.3, -0.25) is 4.99 Å². The molecule has 0 aliphatic carbocycles. The number of anilines is 1. The van der Waals surface area contributed by atoms with Crippen molar-refractivity contribution in [2.24, 2.45) is 4.99 Å². The van der Waals surface area contributed by atoms with E-state index in [1.54, 1.807) is 18.2 Å². The summed E-state index contributed by atoms with van der Waals surface area (Å²) in [5.41, 5.74) is 0.280. The molecule has 122 valence electrons. The molecular formula is C14H13F3N4O2. The van der Waals surface area contributed by atoms with E-state index in [1.807, 2.05) is 0 Å². The first-order chi connectivity index (χ1) is 10.9. The Morgan fingerprint density at radius 2 is 2.22 bits per heavy atom. The van der Waals surface area contributed by atoms with Crippen LogP contribution in [0.3, 0.4) is 0 Å². The summed E-state index contributed by atoms with van der Waals surface area (Å²) < 4.78 is 40.7. The van der Waals surface area contributed by atoms with Gasteiger partial charge in [0.05, 0.1) is 18.8 Å². The number of carbonyl (C=O) groups is 1. The second-order valence-corrected chi connectivity index (χ2v) is 5.24. The summed E-state index contributed by atoms with van der Waals surface area (Å²) in [7, 11) is 0. The number of aliphatic imine (C=N–C) groups is 1. The molecule has 3 rings (SSSR count). The highest BCUT2D eigenvalue weighted by molar-refractivity contribution is 5.93. The number of nitrogens with one attached hydrogen (secondary N) is 1. The van der Waals surface area contributed by atoms with Crippen molar-refractivity contribution in [3.05, 3.63) is 35.6 Å². The highest BCUT2D eigenvalue weighted by Gasteiger charge is 2.47. The van der Waals surface area contributed by atoms with E-state index in [4.69, 9.17) is 5.11 Å². The molecule has 1 aromatic heterocycles. The molecular weight excluding hydrogens is 313 g/mol. The van der Waals surface area contributed by atoms with Crippen LogP contribution >= 0.6 is 0 Å². The lowest BCUT2D eigenvalue weighted by atomic mass is 9.96. The molecule has 0 amide bonds. The van der Waals surface area contributed by atoms with Crippen LogP contribution in [0.4, 0.5) is 19.0 Å². The van der Waals surface area contributed by atoms with Crippen LogP contribution in [0.15, 0.2) is 35.0 Å². The lowest BCUT2D eigenvalue weighted by Crippen LogP contribution is -2.40. The van der Waals surface area contributed by atoms with Gasteiger partial charge < -0.3 is 10.4 Å². The fourth-order valence-corrected chi connectivity index (χ4v) is 2.65. The zero-order valence-corrected chi connectivity index (χ0v) is 11.8. The summed E-state index contributed by atoms with van der Waals surface area (Å²) in [5, 5.41) is 15.6. The average molecular weight is 326 g/mol. The number of carboxylic acids is 1. The van der Waals surface area contributed by atoms with E-state index in [2.05, 4.69) is 15.4 Å². The number of fused-ring (bicyclic) bond motifs is 1. The van der Waals surface area contributed by atoms with Crippen LogP contribution in [0.2, 0.25) is 0 Å². The number of alkyl halides is 3. The van der Waals surface area contributed by atoms with Crippen molar-refractivity contribution in [1.82, 2.24) is 9.78 Å². The minimum absolute atomic E-state index is 0.140. The molecule has 0 spiro atoms. The minimum atomic E-state index is -4.53. The molecule has 2 aliphatic rings. The van der Waals surface area contributed by atoms with Gasteiger partial charge in [-0.1, -0.05) is 18.2 Å². The Bertz CT molecular complexity index is 718. The quantitative estimate of drug-likeness (QED) is 0.875. The van der Waals surface area contributed by atoms with Crippen LogP contribution in [0.25, 0.3) is 0 Å². The molecule has 0 bridgehead atoms. The number of hydrogen-bond acceptors (Lipinski definition) is 4. The number of carboxylic acid groups (broad SMARTS) is 1. The van der Waals surface area contributed by atoms with E-state index in [0.717, 1.165) is 6.20 Å². The van der Waals surface area contributed by atoms with Crippen LogP contribution in [-0.4, -0.2) is 45.8 Å². The molecule has 6 nitrogen and oxygen atoms in total. The summed E-state index contributed by atoms with van der Waals surface area (Å²) in [6, 6.07) is -2.59. The number of nitrogens with zero attached hydrogens (tertiary/aromatic N) is 3. The Hall–Kier alpha value is -2.58. The third-order valence-electron chi connectivity index (χ3n) is 3.75. The lowest BCUT2D eigenvalue weighted by Gasteiger charge is -2.34. The Labute approximate surface area is 129 Å². The van der Waals surface area contributed by atoms with E-state index in [9.17, 15) is 18.0 Å². The van der Waals surface area contributed by atoms with Crippen molar-refractivity contribution in [2.75, 3.05) is 11.9 Å². The van der Waals surface area contributed by atoms with Crippen LogP contribution in [0.1, 0.15) is 22.8 Å². The van der Waals surface area contributed by atoms with Crippen molar-refractivity contribution in [3.8, 4) is 0 Å². The molecule has 3 heterocycles. The maximum absolute atomic E-state index is 13.3. The first-order valence-electron chi connectivity index (χ1n) is 6.88. The third-order valence-corrected chi connectivity index (χ3v) is 3.75. The monoisotopic (exact) mass is 326 g/mol. The molecule has 0 fully saturated rings. The molecule has 0 saturated heterocycles. The number of aromatic carboxylic acids is 1. The Morgan fingerprint density at radius 1 is 1.43 bits per heavy atom. The van der Waals surface area contributed by atoms with Gasteiger partial charge in [-0.2, -0.15) is 18.3 Å². The van der Waals surface area contributed by atoms with Gasteiger partial charge in [0.2, 0.25) is 0 Å². The highest BCUT2D eigenvalue weighted by Crippen LogP contribution is 2.41. The van der Waals surface area contributed by atoms with Crippen molar-refractivity contribution in [2.45, 2.75) is 24.7 Å². The number of hydrogen-bond donors (Lipinski definition) is 2. The van der Waals surface area contributed by atoms with Gasteiger partial charge in [0.25, 0.3) is 0 Å². The van der Waals surface area contributed by atoms with Gasteiger partial charge in [0.15, 0.2) is 6.04 Å². The van der Waals surface area contributed by atoms with Gasteiger partial charge in [0.1, 0.15) is 11.4 Å². The van der Waals surface area contributed by atoms with E-state index in [0.29, 0.717) is 16.8 Å². The predicted molar refractivity (Wildman–Crippen MR) is 76.9 cm³/mol. The molecule has 0 radical (unpaired) electrons. The van der Waals surface area contributed by atoms with Gasteiger partial charge >= 0.3 is 12.1 Å².